The minimum absolute atomic E-state index is 0.0794. The molecule has 1 N–H and O–H groups in total. The number of halogens is 3. The Labute approximate surface area is 116 Å². The number of fused-ring (bicyclic) bond motifs is 1. The predicted octanol–water partition coefficient (Wildman–Crippen LogP) is 4.70. The van der Waals surface area contributed by atoms with Gasteiger partial charge in [-0.2, -0.15) is 8.78 Å². The van der Waals surface area contributed by atoms with Gasteiger partial charge in [0.25, 0.3) is 0 Å². The zero-order valence-corrected chi connectivity index (χ0v) is 12.3. The Balaban J connectivity index is 2.49. The van der Waals surface area contributed by atoms with Gasteiger partial charge < -0.3 is 9.42 Å². The second-order valence-corrected chi connectivity index (χ2v) is 6.62. The SMILES string of the molecule is Cc1ccc2cc(Br)c(OP(=O)(O)C(F)F)cc2c1. The van der Waals surface area contributed by atoms with Crippen LogP contribution in [0.1, 0.15) is 5.56 Å². The Morgan fingerprint density at radius 3 is 2.58 bits per heavy atom. The average molecular weight is 351 g/mol. The first-order valence-electron chi connectivity index (χ1n) is 5.30. The van der Waals surface area contributed by atoms with Crippen molar-refractivity contribution in [2.24, 2.45) is 0 Å². The minimum Gasteiger partial charge on any atom is -0.420 e. The van der Waals surface area contributed by atoms with Crippen LogP contribution in [-0.2, 0) is 4.57 Å². The van der Waals surface area contributed by atoms with Gasteiger partial charge in [-0.25, -0.2) is 4.57 Å². The zero-order valence-electron chi connectivity index (χ0n) is 9.81. The molecule has 0 saturated carbocycles. The van der Waals surface area contributed by atoms with Crippen LogP contribution in [-0.4, -0.2) is 11.1 Å². The van der Waals surface area contributed by atoms with Gasteiger partial charge in [0.15, 0.2) is 0 Å². The molecule has 0 radical (unpaired) electrons. The molecule has 1 unspecified atom stereocenters. The number of hydrogen-bond donors (Lipinski definition) is 1. The van der Waals surface area contributed by atoms with Crippen LogP contribution in [0.4, 0.5) is 8.78 Å². The second-order valence-electron chi connectivity index (χ2n) is 4.07. The molecule has 0 amide bonds. The first-order chi connectivity index (χ1) is 8.79. The Morgan fingerprint density at radius 2 is 1.95 bits per heavy atom. The Morgan fingerprint density at radius 1 is 1.26 bits per heavy atom. The third-order valence-corrected chi connectivity index (χ3v) is 4.09. The van der Waals surface area contributed by atoms with Gasteiger partial charge in [0.1, 0.15) is 5.75 Å². The summed E-state index contributed by atoms with van der Waals surface area (Å²) in [5.74, 6) is -0.0794. The summed E-state index contributed by atoms with van der Waals surface area (Å²) in [6.07, 6.45) is -3.44. The highest BCUT2D eigenvalue weighted by Crippen LogP contribution is 2.50. The van der Waals surface area contributed by atoms with Gasteiger partial charge in [-0.1, -0.05) is 23.8 Å². The van der Waals surface area contributed by atoms with E-state index < -0.39 is 13.8 Å². The number of benzene rings is 2. The van der Waals surface area contributed by atoms with Crippen molar-refractivity contribution < 1.29 is 22.8 Å². The molecule has 2 rings (SSSR count). The van der Waals surface area contributed by atoms with Crippen LogP contribution in [0, 0.1) is 6.92 Å². The van der Waals surface area contributed by atoms with E-state index in [4.69, 9.17) is 4.89 Å². The summed E-state index contributed by atoms with van der Waals surface area (Å²) in [6.45, 7) is 1.89. The molecule has 1 atom stereocenters. The van der Waals surface area contributed by atoms with Gasteiger partial charge in [0, 0.05) is 0 Å². The standard InChI is InChI=1S/C12H10BrF2O3P/c1-7-2-3-8-5-10(13)11(6-9(8)4-7)18-19(16,17)12(14)15/h2-6,12H,1H3,(H,16,17). The summed E-state index contributed by atoms with van der Waals surface area (Å²) in [5.41, 5.74) is 0.988. The number of rotatable bonds is 3. The monoisotopic (exact) mass is 350 g/mol. The van der Waals surface area contributed by atoms with Crippen molar-refractivity contribution in [3.8, 4) is 5.75 Å². The van der Waals surface area contributed by atoms with Crippen LogP contribution in [0.25, 0.3) is 10.8 Å². The first kappa shape index (κ1) is 14.4. The maximum atomic E-state index is 12.4. The van der Waals surface area contributed by atoms with Crippen molar-refractivity contribution in [2.45, 2.75) is 13.1 Å². The quantitative estimate of drug-likeness (QED) is 0.816. The molecule has 19 heavy (non-hydrogen) atoms. The van der Waals surface area contributed by atoms with Crippen molar-refractivity contribution >= 4 is 34.3 Å². The Hall–Kier alpha value is -0.970. The van der Waals surface area contributed by atoms with E-state index in [0.717, 1.165) is 16.3 Å². The Kier molecular flexibility index (Phi) is 3.95. The van der Waals surface area contributed by atoms with Crippen LogP contribution in [0.15, 0.2) is 34.8 Å². The largest absolute Gasteiger partial charge is 0.442 e. The molecule has 0 aliphatic rings. The lowest BCUT2D eigenvalue weighted by Gasteiger charge is -2.14. The third kappa shape index (κ3) is 3.14. The lowest BCUT2D eigenvalue weighted by atomic mass is 10.1. The molecular formula is C12H10BrF2O3P. The second kappa shape index (κ2) is 5.19. The summed E-state index contributed by atoms with van der Waals surface area (Å²) in [5, 5.41) is 1.61. The van der Waals surface area contributed by atoms with Gasteiger partial charge in [0.2, 0.25) is 0 Å². The predicted molar refractivity (Wildman–Crippen MR) is 72.8 cm³/mol. The summed E-state index contributed by atoms with van der Waals surface area (Å²) >= 11 is 3.14. The van der Waals surface area contributed by atoms with Crippen molar-refractivity contribution in [3.05, 3.63) is 40.4 Å². The maximum Gasteiger partial charge on any atom is 0.442 e. The molecule has 0 heterocycles. The molecule has 2 aromatic rings. The molecule has 0 bridgehead atoms. The van der Waals surface area contributed by atoms with Crippen molar-refractivity contribution in [2.75, 3.05) is 0 Å². The number of hydrogen-bond acceptors (Lipinski definition) is 2. The van der Waals surface area contributed by atoms with E-state index in [9.17, 15) is 13.3 Å². The molecule has 0 aliphatic carbocycles. The Bertz CT molecular complexity index is 675. The van der Waals surface area contributed by atoms with Crippen molar-refractivity contribution in [1.82, 2.24) is 0 Å². The molecule has 0 saturated heterocycles. The van der Waals surface area contributed by atoms with Crippen LogP contribution in [0.2, 0.25) is 0 Å². The van der Waals surface area contributed by atoms with E-state index in [-0.39, 0.29) is 5.75 Å². The lowest BCUT2D eigenvalue weighted by molar-refractivity contribution is 0.188. The molecule has 0 spiro atoms. The molecule has 0 aliphatic heterocycles. The van der Waals surface area contributed by atoms with Crippen molar-refractivity contribution in [3.63, 3.8) is 0 Å². The van der Waals surface area contributed by atoms with Gasteiger partial charge in [0.05, 0.1) is 4.47 Å². The van der Waals surface area contributed by atoms with Gasteiger partial charge in [-0.3, -0.25) is 0 Å². The topological polar surface area (TPSA) is 46.5 Å². The fourth-order valence-corrected chi connectivity index (χ4v) is 2.70. The minimum atomic E-state index is -4.97. The lowest BCUT2D eigenvalue weighted by Crippen LogP contribution is -2.01. The molecule has 7 heteroatoms. The van der Waals surface area contributed by atoms with Crippen LogP contribution in [0.5, 0.6) is 5.75 Å². The fourth-order valence-electron chi connectivity index (χ4n) is 1.62. The van der Waals surface area contributed by atoms with Crippen LogP contribution < -0.4 is 4.52 Å². The summed E-state index contributed by atoms with van der Waals surface area (Å²) in [4.78, 5) is 9.06. The normalized spacial score (nSPS) is 14.6. The summed E-state index contributed by atoms with van der Waals surface area (Å²) < 4.78 is 40.8. The smallest absolute Gasteiger partial charge is 0.420 e. The highest BCUT2D eigenvalue weighted by molar-refractivity contribution is 9.10. The van der Waals surface area contributed by atoms with E-state index in [1.807, 2.05) is 25.1 Å². The van der Waals surface area contributed by atoms with E-state index in [1.165, 1.54) is 6.07 Å². The molecule has 2 aromatic carbocycles. The molecule has 3 nitrogen and oxygen atoms in total. The van der Waals surface area contributed by atoms with E-state index in [1.54, 1.807) is 6.07 Å². The van der Waals surface area contributed by atoms with Crippen LogP contribution >= 0.6 is 23.5 Å². The molecule has 102 valence electrons. The third-order valence-electron chi connectivity index (χ3n) is 2.52. The molecule has 0 fully saturated rings. The van der Waals surface area contributed by atoms with E-state index >= 15 is 0 Å². The highest BCUT2D eigenvalue weighted by atomic mass is 79.9. The van der Waals surface area contributed by atoms with Crippen LogP contribution in [0.3, 0.4) is 0 Å². The van der Waals surface area contributed by atoms with Gasteiger partial charge in [-0.05, 0) is 45.8 Å². The number of aryl methyl sites for hydroxylation is 1. The molecule has 0 aromatic heterocycles. The first-order valence-corrected chi connectivity index (χ1v) is 7.74. The maximum absolute atomic E-state index is 12.4. The van der Waals surface area contributed by atoms with Gasteiger partial charge >= 0.3 is 13.8 Å². The average Bonchev–Trinajstić information content (AvgIpc) is 2.30. The van der Waals surface area contributed by atoms with Gasteiger partial charge in [-0.15, -0.1) is 0 Å². The fraction of sp³-hybridized carbons (Fsp3) is 0.167. The number of alkyl halides is 2. The van der Waals surface area contributed by atoms with E-state index in [2.05, 4.69) is 20.5 Å². The van der Waals surface area contributed by atoms with Crippen molar-refractivity contribution in [1.29, 1.82) is 0 Å². The summed E-state index contributed by atoms with van der Waals surface area (Å²) in [7, 11) is -4.97. The zero-order chi connectivity index (χ0) is 14.2. The summed E-state index contributed by atoms with van der Waals surface area (Å²) in [6, 6.07) is 8.71. The van der Waals surface area contributed by atoms with E-state index in [0.29, 0.717) is 4.47 Å². The molecular weight excluding hydrogens is 341 g/mol. The highest BCUT2D eigenvalue weighted by Gasteiger charge is 2.34.